The Hall–Kier alpha value is -3.26. The van der Waals surface area contributed by atoms with Crippen molar-refractivity contribution < 1.29 is 9.53 Å². The lowest BCUT2D eigenvalue weighted by atomic mass is 10.0. The lowest BCUT2D eigenvalue weighted by Crippen LogP contribution is -2.36. The molecule has 0 aromatic carbocycles. The van der Waals surface area contributed by atoms with Gasteiger partial charge >= 0.3 is 5.97 Å². The molecule has 0 spiro atoms. The van der Waals surface area contributed by atoms with Crippen LogP contribution in [0.3, 0.4) is 0 Å². The summed E-state index contributed by atoms with van der Waals surface area (Å²) in [6.07, 6.45) is 7.41. The van der Waals surface area contributed by atoms with Gasteiger partial charge < -0.3 is 19.5 Å². The van der Waals surface area contributed by atoms with Crippen LogP contribution in [0.1, 0.15) is 36.0 Å². The van der Waals surface area contributed by atoms with Gasteiger partial charge in [0.1, 0.15) is 6.54 Å². The molecule has 1 N–H and O–H groups in total. The largest absolute Gasteiger partial charge is 0.465 e. The first-order valence-corrected chi connectivity index (χ1v) is 10.3. The molecule has 0 saturated carbocycles. The summed E-state index contributed by atoms with van der Waals surface area (Å²) >= 11 is 5.60. The van der Waals surface area contributed by atoms with E-state index in [1.807, 2.05) is 53.7 Å². The quantitative estimate of drug-likeness (QED) is 0.465. The molecule has 3 aromatic heterocycles. The summed E-state index contributed by atoms with van der Waals surface area (Å²) in [6, 6.07) is 13.4. The van der Waals surface area contributed by atoms with Crippen molar-refractivity contribution in [3.05, 3.63) is 84.2 Å². The van der Waals surface area contributed by atoms with E-state index in [1.54, 1.807) is 19.3 Å². The maximum atomic E-state index is 12.3. The van der Waals surface area contributed by atoms with Crippen LogP contribution < -0.4 is 5.32 Å². The zero-order valence-corrected chi connectivity index (χ0v) is 17.5. The molecule has 154 valence electrons. The molecular weight excluding hydrogens is 398 g/mol. The molecule has 1 aliphatic rings. The Balaban J connectivity index is 1.71. The van der Waals surface area contributed by atoms with Gasteiger partial charge in [-0.1, -0.05) is 12.1 Å². The number of rotatable bonds is 7. The van der Waals surface area contributed by atoms with E-state index >= 15 is 0 Å². The average molecular weight is 422 g/mol. The monoisotopic (exact) mass is 421 g/mol. The number of ether oxygens (including phenoxy) is 1. The smallest absolute Gasteiger partial charge is 0.325 e. The van der Waals surface area contributed by atoms with Crippen molar-refractivity contribution in [2.45, 2.75) is 25.6 Å². The predicted octanol–water partition coefficient (Wildman–Crippen LogP) is 2.86. The van der Waals surface area contributed by atoms with Crippen LogP contribution in [0.4, 0.5) is 0 Å². The Morgan fingerprint density at radius 1 is 1.20 bits per heavy atom. The summed E-state index contributed by atoms with van der Waals surface area (Å²) in [4.78, 5) is 22.9. The minimum absolute atomic E-state index is 0.0751. The highest BCUT2D eigenvalue weighted by molar-refractivity contribution is 7.80. The van der Waals surface area contributed by atoms with Crippen molar-refractivity contribution in [3.63, 3.8) is 0 Å². The molecule has 0 bridgehead atoms. The van der Waals surface area contributed by atoms with Crippen LogP contribution in [0.15, 0.2) is 67.3 Å². The molecule has 0 aliphatic carbocycles. The molecule has 2 atom stereocenters. The third-order valence-corrected chi connectivity index (χ3v) is 5.40. The van der Waals surface area contributed by atoms with Crippen LogP contribution >= 0.6 is 12.2 Å². The molecule has 0 unspecified atom stereocenters. The number of aromatic nitrogens is 3. The van der Waals surface area contributed by atoms with E-state index in [-0.39, 0.29) is 24.6 Å². The van der Waals surface area contributed by atoms with Crippen molar-refractivity contribution >= 4 is 23.3 Å². The average Bonchev–Trinajstić information content (AvgIpc) is 3.34. The highest BCUT2D eigenvalue weighted by Gasteiger charge is 2.42. The molecule has 8 heteroatoms. The van der Waals surface area contributed by atoms with Gasteiger partial charge in [0.2, 0.25) is 0 Å². The fourth-order valence-electron chi connectivity index (χ4n) is 3.77. The molecule has 0 amide bonds. The van der Waals surface area contributed by atoms with Crippen molar-refractivity contribution in [2.75, 3.05) is 13.2 Å². The maximum Gasteiger partial charge on any atom is 0.325 e. The predicted molar refractivity (Wildman–Crippen MR) is 117 cm³/mol. The lowest BCUT2D eigenvalue weighted by molar-refractivity contribution is -0.143. The van der Waals surface area contributed by atoms with Gasteiger partial charge in [-0.25, -0.2) is 0 Å². The normalized spacial score (nSPS) is 18.3. The van der Waals surface area contributed by atoms with Crippen LogP contribution in [-0.4, -0.2) is 43.7 Å². The van der Waals surface area contributed by atoms with E-state index in [9.17, 15) is 4.79 Å². The van der Waals surface area contributed by atoms with Crippen molar-refractivity contribution in [1.82, 2.24) is 24.8 Å². The second-order valence-electron chi connectivity index (χ2n) is 6.98. The van der Waals surface area contributed by atoms with E-state index in [0.29, 0.717) is 18.3 Å². The van der Waals surface area contributed by atoms with Gasteiger partial charge in [0.05, 0.1) is 24.4 Å². The third-order valence-electron chi connectivity index (χ3n) is 5.05. The summed E-state index contributed by atoms with van der Waals surface area (Å²) in [5.41, 5.74) is 2.99. The van der Waals surface area contributed by atoms with E-state index < -0.39 is 0 Å². The minimum atomic E-state index is -0.307. The molecular formula is C22H23N5O2S. The van der Waals surface area contributed by atoms with Crippen LogP contribution in [0.2, 0.25) is 0 Å². The summed E-state index contributed by atoms with van der Waals surface area (Å²) < 4.78 is 7.34. The Kier molecular flexibility index (Phi) is 6.04. The number of hydrogen-bond donors (Lipinski definition) is 1. The molecule has 1 fully saturated rings. The van der Waals surface area contributed by atoms with Crippen LogP contribution in [0.25, 0.3) is 0 Å². The standard InChI is InChI=1S/C22H23N5O2S/c1-2-29-19(28)15-27-21(20(25-22(27)30)17-8-3-4-11-24-17)18-9-6-12-26(18)14-16-7-5-10-23-13-16/h3-13,20-21H,2,14-15H2,1H3,(H,25,30)/t20-,21+/m1/s1. The second kappa shape index (κ2) is 9.04. The van der Waals surface area contributed by atoms with Crippen molar-refractivity contribution in [2.24, 2.45) is 0 Å². The zero-order valence-electron chi connectivity index (χ0n) is 16.6. The highest BCUT2D eigenvalue weighted by Crippen LogP contribution is 2.38. The van der Waals surface area contributed by atoms with E-state index in [0.717, 1.165) is 17.0 Å². The fraction of sp³-hybridized carbons (Fsp3) is 0.273. The van der Waals surface area contributed by atoms with Crippen LogP contribution in [0.5, 0.6) is 0 Å². The third kappa shape index (κ3) is 4.18. The molecule has 4 rings (SSSR count). The number of carbonyl (C=O) groups is 1. The van der Waals surface area contributed by atoms with E-state index in [4.69, 9.17) is 17.0 Å². The number of thiocarbonyl (C=S) groups is 1. The Morgan fingerprint density at radius 3 is 2.83 bits per heavy atom. The van der Waals surface area contributed by atoms with Crippen LogP contribution in [0, 0.1) is 0 Å². The second-order valence-corrected chi connectivity index (χ2v) is 7.37. The Labute approximate surface area is 180 Å². The molecule has 30 heavy (non-hydrogen) atoms. The van der Waals surface area contributed by atoms with Crippen LogP contribution in [-0.2, 0) is 16.1 Å². The lowest BCUT2D eigenvalue weighted by Gasteiger charge is -2.28. The zero-order chi connectivity index (χ0) is 20.9. The topological polar surface area (TPSA) is 72.3 Å². The van der Waals surface area contributed by atoms with Gasteiger partial charge in [-0.2, -0.15) is 0 Å². The number of pyridine rings is 2. The number of esters is 1. The first-order valence-electron chi connectivity index (χ1n) is 9.85. The van der Waals surface area contributed by atoms with E-state index in [2.05, 4.69) is 25.9 Å². The van der Waals surface area contributed by atoms with Gasteiger partial charge in [0.15, 0.2) is 5.11 Å². The molecule has 1 aliphatic heterocycles. The summed E-state index contributed by atoms with van der Waals surface area (Å²) in [5, 5.41) is 3.87. The summed E-state index contributed by atoms with van der Waals surface area (Å²) in [7, 11) is 0. The van der Waals surface area contributed by atoms with Gasteiger partial charge in [0.25, 0.3) is 0 Å². The molecule has 4 heterocycles. The van der Waals surface area contributed by atoms with Crippen molar-refractivity contribution in [1.29, 1.82) is 0 Å². The SMILES string of the molecule is CCOC(=O)CN1C(=S)N[C@H](c2ccccn2)[C@@H]1c1cccn1Cc1cccnc1. The fourth-order valence-corrected chi connectivity index (χ4v) is 4.08. The molecule has 7 nitrogen and oxygen atoms in total. The van der Waals surface area contributed by atoms with Gasteiger partial charge in [-0.3, -0.25) is 14.8 Å². The maximum absolute atomic E-state index is 12.3. The Morgan fingerprint density at radius 2 is 2.10 bits per heavy atom. The number of nitrogens with one attached hydrogen (secondary N) is 1. The molecule has 0 radical (unpaired) electrons. The molecule has 3 aromatic rings. The summed E-state index contributed by atoms with van der Waals surface area (Å²) in [5.74, 6) is -0.307. The van der Waals surface area contributed by atoms with Gasteiger partial charge in [-0.15, -0.1) is 0 Å². The van der Waals surface area contributed by atoms with Gasteiger partial charge in [-0.05, 0) is 55.0 Å². The summed E-state index contributed by atoms with van der Waals surface area (Å²) in [6.45, 7) is 2.87. The molecule has 1 saturated heterocycles. The van der Waals surface area contributed by atoms with E-state index in [1.165, 1.54) is 0 Å². The number of hydrogen-bond acceptors (Lipinski definition) is 5. The van der Waals surface area contributed by atoms with Crippen molar-refractivity contribution in [3.8, 4) is 0 Å². The number of carbonyl (C=O) groups excluding carboxylic acids is 1. The Bertz CT molecular complexity index is 1010. The number of nitrogens with zero attached hydrogens (tertiary/aromatic N) is 4. The minimum Gasteiger partial charge on any atom is -0.465 e. The highest BCUT2D eigenvalue weighted by atomic mass is 32.1. The first kappa shape index (κ1) is 20.0. The first-order chi connectivity index (χ1) is 14.7. The van der Waals surface area contributed by atoms with Gasteiger partial charge in [0, 0.05) is 37.0 Å².